The van der Waals surface area contributed by atoms with Crippen molar-refractivity contribution < 1.29 is 9.90 Å². The number of carbonyl (C=O) groups is 1. The van der Waals surface area contributed by atoms with Crippen LogP contribution in [0.5, 0.6) is 0 Å². The van der Waals surface area contributed by atoms with Crippen LogP contribution >= 0.6 is 0 Å². The molecule has 1 fully saturated rings. The summed E-state index contributed by atoms with van der Waals surface area (Å²) in [4.78, 5) is 11.2. The van der Waals surface area contributed by atoms with Crippen molar-refractivity contribution in [1.29, 1.82) is 0 Å². The van der Waals surface area contributed by atoms with E-state index in [1.54, 1.807) is 0 Å². The first-order valence-corrected chi connectivity index (χ1v) is 7.23. The summed E-state index contributed by atoms with van der Waals surface area (Å²) >= 11 is 0. The number of hydrogen-bond donors (Lipinski definition) is 2. The average molecular weight is 241 g/mol. The number of rotatable bonds is 8. The molecule has 1 atom stereocenters. The third kappa shape index (κ3) is 6.06. The first-order valence-electron chi connectivity index (χ1n) is 7.23. The Morgan fingerprint density at radius 3 is 2.53 bits per heavy atom. The van der Waals surface area contributed by atoms with Gasteiger partial charge in [0.1, 0.15) is 6.04 Å². The summed E-state index contributed by atoms with van der Waals surface area (Å²) in [6.07, 6.45) is 11.5. The van der Waals surface area contributed by atoms with Gasteiger partial charge >= 0.3 is 5.97 Å². The molecule has 1 rings (SSSR count). The van der Waals surface area contributed by atoms with Gasteiger partial charge in [-0.2, -0.15) is 0 Å². The molecule has 1 unspecified atom stereocenters. The minimum Gasteiger partial charge on any atom is -0.480 e. The number of nitrogens with one attached hydrogen (secondary N) is 1. The molecule has 100 valence electrons. The molecule has 0 aromatic carbocycles. The Kier molecular flexibility index (Phi) is 7.25. The van der Waals surface area contributed by atoms with Crippen LogP contribution in [0.25, 0.3) is 0 Å². The van der Waals surface area contributed by atoms with Crippen LogP contribution in [0.2, 0.25) is 0 Å². The van der Waals surface area contributed by atoms with Gasteiger partial charge in [0.25, 0.3) is 0 Å². The van der Waals surface area contributed by atoms with Crippen molar-refractivity contribution in [3.63, 3.8) is 0 Å². The lowest BCUT2D eigenvalue weighted by atomic mass is 9.94. The molecule has 0 aromatic rings. The molecule has 0 aromatic heterocycles. The average Bonchev–Trinajstić information content (AvgIpc) is 2.34. The summed E-state index contributed by atoms with van der Waals surface area (Å²) in [6, 6.07) is 0.117. The normalized spacial score (nSPS) is 19.1. The Labute approximate surface area is 105 Å². The van der Waals surface area contributed by atoms with Crippen molar-refractivity contribution in [2.45, 2.75) is 83.2 Å². The van der Waals surface area contributed by atoms with Gasteiger partial charge in [-0.05, 0) is 19.3 Å². The summed E-state index contributed by atoms with van der Waals surface area (Å²) in [5.41, 5.74) is 0. The van der Waals surface area contributed by atoms with Crippen LogP contribution in [-0.2, 0) is 4.79 Å². The number of unbranched alkanes of at least 4 members (excludes halogenated alkanes) is 3. The van der Waals surface area contributed by atoms with Gasteiger partial charge < -0.3 is 10.4 Å². The molecular formula is C14H27NO2. The van der Waals surface area contributed by atoms with Gasteiger partial charge in [-0.15, -0.1) is 0 Å². The topological polar surface area (TPSA) is 49.3 Å². The molecular weight excluding hydrogens is 214 g/mol. The molecule has 3 heteroatoms. The van der Waals surface area contributed by atoms with Gasteiger partial charge in [-0.1, -0.05) is 51.9 Å². The Bertz CT molecular complexity index is 212. The van der Waals surface area contributed by atoms with Crippen molar-refractivity contribution in [1.82, 2.24) is 5.32 Å². The largest absolute Gasteiger partial charge is 0.480 e. The predicted octanol–water partition coefficient (Wildman–Crippen LogP) is 3.33. The SMILES string of the molecule is CCCCCCC(NC1CCCCC1)C(=O)O. The predicted molar refractivity (Wildman–Crippen MR) is 70.2 cm³/mol. The fraction of sp³-hybridized carbons (Fsp3) is 0.929. The zero-order chi connectivity index (χ0) is 12.5. The highest BCUT2D eigenvalue weighted by molar-refractivity contribution is 5.73. The summed E-state index contributed by atoms with van der Waals surface area (Å²) in [5, 5.41) is 12.5. The first-order chi connectivity index (χ1) is 8.24. The molecule has 0 radical (unpaired) electrons. The maximum atomic E-state index is 11.2. The number of aliphatic carboxylic acids is 1. The molecule has 1 aliphatic carbocycles. The maximum absolute atomic E-state index is 11.2. The molecule has 0 spiro atoms. The Balaban J connectivity index is 2.24. The summed E-state index contributed by atoms with van der Waals surface area (Å²) in [5.74, 6) is -0.674. The highest BCUT2D eigenvalue weighted by Gasteiger charge is 2.22. The summed E-state index contributed by atoms with van der Waals surface area (Å²) < 4.78 is 0. The summed E-state index contributed by atoms with van der Waals surface area (Å²) in [6.45, 7) is 2.18. The van der Waals surface area contributed by atoms with E-state index in [-0.39, 0.29) is 6.04 Å². The molecule has 0 heterocycles. The third-order valence-electron chi connectivity index (χ3n) is 3.69. The molecule has 0 saturated heterocycles. The second kappa shape index (κ2) is 8.51. The number of carboxylic acids is 1. The van der Waals surface area contributed by atoms with Crippen molar-refractivity contribution >= 4 is 5.97 Å². The van der Waals surface area contributed by atoms with Crippen LogP contribution in [0.3, 0.4) is 0 Å². The Hall–Kier alpha value is -0.570. The van der Waals surface area contributed by atoms with Crippen LogP contribution in [0.1, 0.15) is 71.1 Å². The van der Waals surface area contributed by atoms with E-state index in [1.165, 1.54) is 32.1 Å². The van der Waals surface area contributed by atoms with Crippen LogP contribution < -0.4 is 5.32 Å². The van der Waals surface area contributed by atoms with Gasteiger partial charge in [0, 0.05) is 6.04 Å². The number of carboxylic acid groups (broad SMARTS) is 1. The van der Waals surface area contributed by atoms with Gasteiger partial charge in [0.05, 0.1) is 0 Å². The monoisotopic (exact) mass is 241 g/mol. The highest BCUT2D eigenvalue weighted by atomic mass is 16.4. The Morgan fingerprint density at radius 2 is 1.94 bits per heavy atom. The zero-order valence-electron chi connectivity index (χ0n) is 11.1. The van der Waals surface area contributed by atoms with Crippen molar-refractivity contribution in [3.05, 3.63) is 0 Å². The van der Waals surface area contributed by atoms with Crippen LogP contribution in [0.15, 0.2) is 0 Å². The molecule has 0 amide bonds. The van der Waals surface area contributed by atoms with E-state index in [4.69, 9.17) is 0 Å². The maximum Gasteiger partial charge on any atom is 0.320 e. The van der Waals surface area contributed by atoms with E-state index in [9.17, 15) is 9.90 Å². The minimum absolute atomic E-state index is 0.324. The van der Waals surface area contributed by atoms with Crippen LogP contribution in [0.4, 0.5) is 0 Å². The smallest absolute Gasteiger partial charge is 0.320 e. The lowest BCUT2D eigenvalue weighted by Gasteiger charge is -2.26. The van der Waals surface area contributed by atoms with Gasteiger partial charge in [0.15, 0.2) is 0 Å². The molecule has 0 aliphatic heterocycles. The lowest BCUT2D eigenvalue weighted by Crippen LogP contribution is -2.44. The second-order valence-corrected chi connectivity index (χ2v) is 5.24. The highest BCUT2D eigenvalue weighted by Crippen LogP contribution is 2.18. The Morgan fingerprint density at radius 1 is 1.24 bits per heavy atom. The van der Waals surface area contributed by atoms with E-state index in [2.05, 4.69) is 12.2 Å². The van der Waals surface area contributed by atoms with Gasteiger partial charge in [-0.25, -0.2) is 0 Å². The summed E-state index contributed by atoms with van der Waals surface area (Å²) in [7, 11) is 0. The number of hydrogen-bond acceptors (Lipinski definition) is 2. The molecule has 17 heavy (non-hydrogen) atoms. The fourth-order valence-corrected chi connectivity index (χ4v) is 2.61. The molecule has 1 saturated carbocycles. The second-order valence-electron chi connectivity index (χ2n) is 5.24. The minimum atomic E-state index is -0.674. The standard InChI is InChI=1S/C14H27NO2/c1-2-3-4-8-11-13(14(16)17)15-12-9-6-5-7-10-12/h12-13,15H,2-11H2,1H3,(H,16,17). The van der Waals surface area contributed by atoms with Crippen LogP contribution in [-0.4, -0.2) is 23.2 Å². The molecule has 1 aliphatic rings. The van der Waals surface area contributed by atoms with Crippen molar-refractivity contribution in [3.8, 4) is 0 Å². The lowest BCUT2D eigenvalue weighted by molar-refractivity contribution is -0.140. The molecule has 3 nitrogen and oxygen atoms in total. The van der Waals surface area contributed by atoms with Crippen molar-refractivity contribution in [2.24, 2.45) is 0 Å². The molecule has 2 N–H and O–H groups in total. The third-order valence-corrected chi connectivity index (χ3v) is 3.69. The van der Waals surface area contributed by atoms with E-state index in [0.717, 1.165) is 32.1 Å². The van der Waals surface area contributed by atoms with Crippen LogP contribution in [0, 0.1) is 0 Å². The van der Waals surface area contributed by atoms with E-state index in [0.29, 0.717) is 6.04 Å². The first kappa shape index (κ1) is 14.5. The van der Waals surface area contributed by atoms with E-state index >= 15 is 0 Å². The molecule has 0 bridgehead atoms. The van der Waals surface area contributed by atoms with E-state index in [1.807, 2.05) is 0 Å². The quantitative estimate of drug-likeness (QED) is 0.641. The van der Waals surface area contributed by atoms with Crippen molar-refractivity contribution in [2.75, 3.05) is 0 Å². The van der Waals surface area contributed by atoms with Gasteiger partial charge in [0.2, 0.25) is 0 Å². The van der Waals surface area contributed by atoms with E-state index < -0.39 is 5.97 Å². The zero-order valence-corrected chi connectivity index (χ0v) is 11.1. The van der Waals surface area contributed by atoms with Gasteiger partial charge in [-0.3, -0.25) is 4.79 Å². The fourth-order valence-electron chi connectivity index (χ4n) is 2.61.